The highest BCUT2D eigenvalue weighted by Crippen LogP contribution is 2.34. The maximum absolute atomic E-state index is 12.6. The summed E-state index contributed by atoms with van der Waals surface area (Å²) < 4.78 is 41.3. The first kappa shape index (κ1) is 24.5. The molecule has 0 aliphatic carbocycles. The lowest BCUT2D eigenvalue weighted by Crippen LogP contribution is -2.57. The van der Waals surface area contributed by atoms with Gasteiger partial charge in [0.25, 0.3) is 5.91 Å². The van der Waals surface area contributed by atoms with E-state index in [2.05, 4.69) is 30.3 Å². The first-order chi connectivity index (χ1) is 16.4. The van der Waals surface area contributed by atoms with Crippen molar-refractivity contribution in [2.45, 2.75) is 39.0 Å². The number of carbonyl (C=O) groups excluding carboxylic acids is 2. The Morgan fingerprint density at radius 3 is 2.60 bits per heavy atom. The summed E-state index contributed by atoms with van der Waals surface area (Å²) in [7, 11) is 1.83. The van der Waals surface area contributed by atoms with Gasteiger partial charge >= 0.3 is 6.18 Å². The smallest absolute Gasteiger partial charge is 0.422 e. The number of halogens is 3. The van der Waals surface area contributed by atoms with Gasteiger partial charge in [0.2, 0.25) is 17.7 Å². The third-order valence-corrected chi connectivity index (χ3v) is 5.84. The second kappa shape index (κ2) is 9.19. The van der Waals surface area contributed by atoms with Gasteiger partial charge in [-0.1, -0.05) is 13.8 Å². The summed E-state index contributed by atoms with van der Waals surface area (Å²) in [5.41, 5.74) is 1.47. The fourth-order valence-corrected chi connectivity index (χ4v) is 4.13. The minimum Gasteiger partial charge on any atom is -0.468 e. The van der Waals surface area contributed by atoms with Crippen LogP contribution in [0.2, 0.25) is 0 Å². The van der Waals surface area contributed by atoms with Gasteiger partial charge in [-0.25, -0.2) is 9.97 Å². The van der Waals surface area contributed by atoms with Crippen LogP contribution in [0.3, 0.4) is 0 Å². The highest BCUT2D eigenvalue weighted by Gasteiger charge is 2.36. The molecule has 4 rings (SSSR count). The number of pyridine rings is 1. The fourth-order valence-electron chi connectivity index (χ4n) is 4.13. The molecular formula is C22H26F3N7O3. The quantitative estimate of drug-likeness (QED) is 0.631. The summed E-state index contributed by atoms with van der Waals surface area (Å²) in [5, 5.41) is 6.12. The van der Waals surface area contributed by atoms with E-state index in [-0.39, 0.29) is 41.3 Å². The van der Waals surface area contributed by atoms with Crippen LogP contribution >= 0.6 is 0 Å². The second-order valence-corrected chi connectivity index (χ2v) is 8.96. The summed E-state index contributed by atoms with van der Waals surface area (Å²) in [6, 6.07) is 2.19. The van der Waals surface area contributed by atoms with Crippen LogP contribution in [-0.2, 0) is 4.79 Å². The standard InChI is InChI=1S/C22H26F3N7O3/c1-11(2)17-19(33)29-16-12(3)27-21(30-18(16)31(17)4)28-14-8-32(9-14)20(34)13-5-6-15(26-7-13)35-10-22(23,24)25/h5-7,11,14,17H,8-10H2,1-4H3,(H,29,33)(H,27,28,30). The summed E-state index contributed by atoms with van der Waals surface area (Å²) in [5.74, 6) is 0.530. The SMILES string of the molecule is Cc1nc(NC2CN(C(=O)c3ccc(OCC(F)(F)F)nc3)C2)nc2c1NC(=O)C(C(C)C)N2C. The number of nitrogens with one attached hydrogen (secondary N) is 2. The van der Waals surface area contributed by atoms with Gasteiger partial charge in [-0.2, -0.15) is 18.2 Å². The van der Waals surface area contributed by atoms with Gasteiger partial charge in [0.15, 0.2) is 12.4 Å². The molecule has 2 amide bonds. The monoisotopic (exact) mass is 493 g/mol. The molecule has 13 heteroatoms. The Kier molecular flexibility index (Phi) is 6.43. The van der Waals surface area contributed by atoms with Crippen molar-refractivity contribution < 1.29 is 27.5 Å². The van der Waals surface area contributed by atoms with Crippen LogP contribution in [0.15, 0.2) is 18.3 Å². The number of nitrogens with zero attached hydrogens (tertiary/aromatic N) is 5. The average Bonchev–Trinajstić information content (AvgIpc) is 2.74. The van der Waals surface area contributed by atoms with Crippen molar-refractivity contribution in [2.24, 2.45) is 5.92 Å². The van der Waals surface area contributed by atoms with Crippen molar-refractivity contribution in [3.8, 4) is 5.88 Å². The van der Waals surface area contributed by atoms with E-state index in [1.165, 1.54) is 18.3 Å². The molecule has 0 spiro atoms. The number of carbonyl (C=O) groups is 2. The maximum atomic E-state index is 12.6. The van der Waals surface area contributed by atoms with E-state index in [0.29, 0.717) is 36.2 Å². The van der Waals surface area contributed by atoms with Gasteiger partial charge < -0.3 is 25.2 Å². The molecule has 0 bridgehead atoms. The predicted octanol–water partition coefficient (Wildman–Crippen LogP) is 2.47. The molecule has 0 radical (unpaired) electrons. The van der Waals surface area contributed by atoms with Crippen molar-refractivity contribution in [3.05, 3.63) is 29.6 Å². The third-order valence-electron chi connectivity index (χ3n) is 5.84. The Morgan fingerprint density at radius 2 is 2.00 bits per heavy atom. The van der Waals surface area contributed by atoms with Crippen molar-refractivity contribution in [1.29, 1.82) is 0 Å². The summed E-state index contributed by atoms with van der Waals surface area (Å²) in [6.07, 6.45) is -3.27. The molecule has 35 heavy (non-hydrogen) atoms. The number of rotatable bonds is 6. The third kappa shape index (κ3) is 5.23. The highest BCUT2D eigenvalue weighted by atomic mass is 19.4. The Bertz CT molecular complexity index is 1120. The predicted molar refractivity (Wildman–Crippen MR) is 122 cm³/mol. The molecule has 1 saturated heterocycles. The van der Waals surface area contributed by atoms with E-state index in [4.69, 9.17) is 0 Å². The van der Waals surface area contributed by atoms with Gasteiger partial charge in [0, 0.05) is 32.4 Å². The number of likely N-dealkylation sites (tertiary alicyclic amines) is 1. The number of hydrogen-bond acceptors (Lipinski definition) is 8. The van der Waals surface area contributed by atoms with Crippen LogP contribution in [0.1, 0.15) is 29.9 Å². The molecule has 1 unspecified atom stereocenters. The first-order valence-electron chi connectivity index (χ1n) is 11.1. The van der Waals surface area contributed by atoms with Gasteiger partial charge in [0.1, 0.15) is 11.7 Å². The van der Waals surface area contributed by atoms with Gasteiger partial charge in [-0.05, 0) is 18.9 Å². The maximum Gasteiger partial charge on any atom is 0.422 e. The molecule has 2 aromatic heterocycles. The van der Waals surface area contributed by atoms with E-state index in [9.17, 15) is 22.8 Å². The van der Waals surface area contributed by atoms with Crippen LogP contribution in [0.5, 0.6) is 5.88 Å². The molecule has 10 nitrogen and oxygen atoms in total. The Balaban J connectivity index is 1.36. The van der Waals surface area contributed by atoms with E-state index in [1.807, 2.05) is 25.8 Å². The summed E-state index contributed by atoms with van der Waals surface area (Å²) >= 11 is 0. The number of aryl methyl sites for hydroxylation is 1. The average molecular weight is 493 g/mol. The fraction of sp³-hybridized carbons (Fsp3) is 0.500. The van der Waals surface area contributed by atoms with Crippen LogP contribution in [0.4, 0.5) is 30.6 Å². The number of fused-ring (bicyclic) bond motifs is 1. The zero-order valence-electron chi connectivity index (χ0n) is 19.7. The molecule has 188 valence electrons. The molecule has 2 aromatic rings. The molecule has 2 aliphatic heterocycles. The van der Waals surface area contributed by atoms with Crippen molar-refractivity contribution in [2.75, 3.05) is 42.3 Å². The number of ether oxygens (including phenoxy) is 1. The molecule has 1 fully saturated rings. The Labute approximate surface area is 199 Å². The number of likely N-dealkylation sites (N-methyl/N-ethyl adjacent to an activating group) is 1. The van der Waals surface area contributed by atoms with E-state index in [1.54, 1.807) is 11.8 Å². The lowest BCUT2D eigenvalue weighted by atomic mass is 9.99. The number of aromatic nitrogens is 3. The number of hydrogen-bond donors (Lipinski definition) is 2. The minimum absolute atomic E-state index is 0.0804. The highest BCUT2D eigenvalue weighted by molar-refractivity contribution is 6.03. The Morgan fingerprint density at radius 1 is 1.29 bits per heavy atom. The molecule has 2 aliphatic rings. The van der Waals surface area contributed by atoms with E-state index < -0.39 is 12.8 Å². The molecule has 0 saturated carbocycles. The zero-order chi connectivity index (χ0) is 25.5. The Hall–Kier alpha value is -3.64. The number of alkyl halides is 3. The molecule has 4 heterocycles. The zero-order valence-corrected chi connectivity index (χ0v) is 19.7. The molecule has 1 atom stereocenters. The van der Waals surface area contributed by atoms with E-state index >= 15 is 0 Å². The lowest BCUT2D eigenvalue weighted by molar-refractivity contribution is -0.154. The second-order valence-electron chi connectivity index (χ2n) is 8.96. The van der Waals surface area contributed by atoms with Crippen LogP contribution in [-0.4, -0.2) is 76.7 Å². The van der Waals surface area contributed by atoms with Crippen LogP contribution in [0.25, 0.3) is 0 Å². The molecular weight excluding hydrogens is 467 g/mol. The van der Waals surface area contributed by atoms with Crippen molar-refractivity contribution >= 4 is 29.3 Å². The lowest BCUT2D eigenvalue weighted by Gasteiger charge is -2.40. The van der Waals surface area contributed by atoms with Gasteiger partial charge in [-0.15, -0.1) is 0 Å². The largest absolute Gasteiger partial charge is 0.468 e. The molecule has 0 aromatic carbocycles. The first-order valence-corrected chi connectivity index (χ1v) is 11.1. The summed E-state index contributed by atoms with van der Waals surface area (Å²) in [4.78, 5) is 41.4. The number of amides is 2. The normalized spacial score (nSPS) is 18.2. The van der Waals surface area contributed by atoms with Crippen molar-refractivity contribution in [3.63, 3.8) is 0 Å². The molecule has 2 N–H and O–H groups in total. The van der Waals surface area contributed by atoms with E-state index in [0.717, 1.165) is 0 Å². The van der Waals surface area contributed by atoms with Gasteiger partial charge in [-0.3, -0.25) is 9.59 Å². The van der Waals surface area contributed by atoms with Gasteiger partial charge in [0.05, 0.1) is 17.3 Å². The van der Waals surface area contributed by atoms with Crippen LogP contribution < -0.4 is 20.3 Å². The summed E-state index contributed by atoms with van der Waals surface area (Å²) in [6.45, 7) is 5.07. The van der Waals surface area contributed by atoms with Crippen molar-refractivity contribution in [1.82, 2.24) is 19.9 Å². The number of anilines is 3. The topological polar surface area (TPSA) is 113 Å². The minimum atomic E-state index is -4.46. The van der Waals surface area contributed by atoms with Crippen LogP contribution in [0, 0.1) is 12.8 Å².